The molecule has 0 radical (unpaired) electrons. The number of halogens is 2. The number of aliphatic hydroxyl groups excluding tert-OH is 1. The zero-order valence-corrected chi connectivity index (χ0v) is 19.8. The Hall–Kier alpha value is -1.35. The van der Waals surface area contributed by atoms with Gasteiger partial charge in [-0.2, -0.15) is 8.42 Å². The zero-order valence-electron chi connectivity index (χ0n) is 17.5. The molecular formula is C22H29Cl2NO5S. The fourth-order valence-corrected chi connectivity index (χ4v) is 4.02. The van der Waals surface area contributed by atoms with Crippen LogP contribution in [-0.2, 0) is 16.5 Å². The number of nitrogens with zero attached hydrogens (tertiary/aromatic N) is 1. The minimum Gasteiger partial charge on any atom is -0.489 e. The largest absolute Gasteiger partial charge is 0.489 e. The Kier molecular flexibility index (Phi) is 10.6. The molecule has 0 saturated carbocycles. The number of benzene rings is 2. The second-order valence-corrected chi connectivity index (χ2v) is 10.0. The molecule has 31 heavy (non-hydrogen) atoms. The van der Waals surface area contributed by atoms with E-state index in [-0.39, 0.29) is 6.61 Å². The molecule has 2 N–H and O–H groups in total. The number of ether oxygens (including phenoxy) is 1. The van der Waals surface area contributed by atoms with Crippen molar-refractivity contribution in [2.45, 2.75) is 25.4 Å². The van der Waals surface area contributed by atoms with Gasteiger partial charge in [0.15, 0.2) is 0 Å². The third-order valence-electron chi connectivity index (χ3n) is 4.76. The molecule has 0 aliphatic carbocycles. The summed E-state index contributed by atoms with van der Waals surface area (Å²) in [5, 5.41) is 11.4. The van der Waals surface area contributed by atoms with Crippen LogP contribution in [0.15, 0.2) is 48.5 Å². The first kappa shape index (κ1) is 25.9. The molecule has 0 amide bonds. The van der Waals surface area contributed by atoms with Gasteiger partial charge in [-0.1, -0.05) is 53.5 Å². The van der Waals surface area contributed by atoms with Crippen molar-refractivity contribution in [3.05, 3.63) is 64.1 Å². The van der Waals surface area contributed by atoms with Crippen molar-refractivity contribution in [2.24, 2.45) is 5.92 Å². The highest BCUT2D eigenvalue weighted by molar-refractivity contribution is 7.85. The first-order valence-electron chi connectivity index (χ1n) is 10.0. The molecule has 2 atom stereocenters. The quantitative estimate of drug-likeness (QED) is 0.566. The van der Waals surface area contributed by atoms with Gasteiger partial charge in [-0.05, 0) is 55.5 Å². The Bertz CT molecular complexity index is 903. The minimum absolute atomic E-state index is 0.223. The lowest BCUT2D eigenvalue weighted by atomic mass is 9.91. The predicted octanol–water partition coefficient (Wildman–Crippen LogP) is 4.19. The SMILES string of the molecule is CS(=O)(=O)O.OC(COc1ccc(Cl)cc1Cl)CN1CCCC(Cc2ccccc2)C1. The van der Waals surface area contributed by atoms with E-state index < -0.39 is 16.2 Å². The van der Waals surface area contributed by atoms with Crippen LogP contribution in [0.3, 0.4) is 0 Å². The van der Waals surface area contributed by atoms with Crippen LogP contribution in [0.1, 0.15) is 18.4 Å². The van der Waals surface area contributed by atoms with Crippen molar-refractivity contribution < 1.29 is 22.8 Å². The second kappa shape index (κ2) is 12.6. The van der Waals surface area contributed by atoms with Crippen molar-refractivity contribution >= 4 is 33.3 Å². The van der Waals surface area contributed by atoms with E-state index in [4.69, 9.17) is 32.5 Å². The standard InChI is InChI=1S/C21H25Cl2NO2.CH4O3S/c22-18-8-9-21(20(23)12-18)26-15-19(25)14-24-10-4-7-17(13-24)11-16-5-2-1-3-6-16;1-5(2,3)4/h1-3,5-6,8-9,12,17,19,25H,4,7,10-11,13-15H2;1H3,(H,2,3,4). The number of rotatable bonds is 7. The van der Waals surface area contributed by atoms with Gasteiger partial charge in [0.25, 0.3) is 10.1 Å². The highest BCUT2D eigenvalue weighted by Gasteiger charge is 2.22. The van der Waals surface area contributed by atoms with E-state index in [1.54, 1.807) is 18.2 Å². The maximum Gasteiger partial charge on any atom is 0.261 e. The molecule has 2 aromatic rings. The Morgan fingerprint density at radius 2 is 1.87 bits per heavy atom. The summed E-state index contributed by atoms with van der Waals surface area (Å²) in [6.45, 7) is 2.90. The average Bonchev–Trinajstić information content (AvgIpc) is 2.67. The lowest BCUT2D eigenvalue weighted by Crippen LogP contribution is -2.42. The molecule has 1 fully saturated rings. The van der Waals surface area contributed by atoms with E-state index in [9.17, 15) is 13.5 Å². The van der Waals surface area contributed by atoms with Crippen molar-refractivity contribution in [1.29, 1.82) is 0 Å². The third-order valence-corrected chi connectivity index (χ3v) is 5.29. The summed E-state index contributed by atoms with van der Waals surface area (Å²) in [7, 11) is -3.67. The molecule has 0 aromatic heterocycles. The first-order chi connectivity index (χ1) is 14.6. The van der Waals surface area contributed by atoms with Gasteiger partial charge >= 0.3 is 0 Å². The molecule has 0 bridgehead atoms. The van der Waals surface area contributed by atoms with Gasteiger partial charge in [0.1, 0.15) is 18.5 Å². The maximum absolute atomic E-state index is 10.3. The summed E-state index contributed by atoms with van der Waals surface area (Å²) in [6, 6.07) is 15.7. The van der Waals surface area contributed by atoms with Crippen LogP contribution in [0.25, 0.3) is 0 Å². The van der Waals surface area contributed by atoms with Gasteiger partial charge < -0.3 is 14.7 Å². The molecule has 0 spiro atoms. The highest BCUT2D eigenvalue weighted by atomic mass is 35.5. The summed E-state index contributed by atoms with van der Waals surface area (Å²) in [5.41, 5.74) is 1.39. The van der Waals surface area contributed by atoms with Gasteiger partial charge in [-0.25, -0.2) is 0 Å². The second-order valence-electron chi connectivity index (χ2n) is 7.73. The monoisotopic (exact) mass is 489 g/mol. The Morgan fingerprint density at radius 3 is 2.52 bits per heavy atom. The molecule has 2 unspecified atom stereocenters. The van der Waals surface area contributed by atoms with Crippen LogP contribution in [0.4, 0.5) is 0 Å². The van der Waals surface area contributed by atoms with E-state index in [2.05, 4.69) is 35.2 Å². The molecule has 172 valence electrons. The van der Waals surface area contributed by atoms with Crippen molar-refractivity contribution in [3.8, 4) is 5.75 Å². The fourth-order valence-electron chi connectivity index (χ4n) is 3.56. The number of hydrogen-bond donors (Lipinski definition) is 2. The summed E-state index contributed by atoms with van der Waals surface area (Å²) in [4.78, 5) is 2.34. The van der Waals surface area contributed by atoms with Gasteiger partial charge in [0, 0.05) is 18.1 Å². The molecule has 1 heterocycles. The fraction of sp³-hybridized carbons (Fsp3) is 0.455. The topological polar surface area (TPSA) is 87.1 Å². The number of aliphatic hydroxyl groups is 1. The van der Waals surface area contributed by atoms with E-state index in [1.165, 1.54) is 18.4 Å². The Morgan fingerprint density at radius 1 is 1.19 bits per heavy atom. The van der Waals surface area contributed by atoms with Crippen molar-refractivity contribution in [1.82, 2.24) is 4.90 Å². The molecule has 6 nitrogen and oxygen atoms in total. The predicted molar refractivity (Wildman–Crippen MR) is 125 cm³/mol. The molecule has 1 aliphatic heterocycles. The molecule has 3 rings (SSSR count). The van der Waals surface area contributed by atoms with Gasteiger partial charge in [0.2, 0.25) is 0 Å². The van der Waals surface area contributed by atoms with E-state index in [0.29, 0.717) is 34.5 Å². The normalized spacial score (nSPS) is 18.0. The van der Waals surface area contributed by atoms with E-state index in [1.807, 2.05) is 0 Å². The van der Waals surface area contributed by atoms with E-state index in [0.717, 1.165) is 19.5 Å². The van der Waals surface area contributed by atoms with Crippen LogP contribution < -0.4 is 4.74 Å². The number of piperidine rings is 1. The summed E-state index contributed by atoms with van der Waals surface area (Å²) < 4.78 is 31.5. The lowest BCUT2D eigenvalue weighted by molar-refractivity contribution is 0.0519. The number of hydrogen-bond acceptors (Lipinski definition) is 5. The van der Waals surface area contributed by atoms with Crippen LogP contribution >= 0.6 is 23.2 Å². The summed E-state index contributed by atoms with van der Waals surface area (Å²) >= 11 is 12.0. The molecule has 1 aliphatic rings. The van der Waals surface area contributed by atoms with Crippen LogP contribution in [-0.4, -0.2) is 61.6 Å². The average molecular weight is 490 g/mol. The molecule has 1 saturated heterocycles. The van der Waals surface area contributed by atoms with Crippen LogP contribution in [0, 0.1) is 5.92 Å². The third kappa shape index (κ3) is 11.2. The van der Waals surface area contributed by atoms with Crippen LogP contribution in [0.5, 0.6) is 5.75 Å². The van der Waals surface area contributed by atoms with Crippen LogP contribution in [0.2, 0.25) is 10.0 Å². The van der Waals surface area contributed by atoms with Crippen molar-refractivity contribution in [3.63, 3.8) is 0 Å². The van der Waals surface area contributed by atoms with Gasteiger partial charge in [-0.15, -0.1) is 0 Å². The number of likely N-dealkylation sites (tertiary alicyclic amines) is 1. The molecule has 2 aromatic carbocycles. The van der Waals surface area contributed by atoms with Gasteiger partial charge in [0.05, 0.1) is 11.3 Å². The number of β-amino-alcohol motifs (C(OH)–C–C–N with tert-alkyl or cyclic N) is 1. The van der Waals surface area contributed by atoms with Gasteiger partial charge in [-0.3, -0.25) is 4.55 Å². The molecular weight excluding hydrogens is 461 g/mol. The van der Waals surface area contributed by atoms with Crippen molar-refractivity contribution in [2.75, 3.05) is 32.5 Å². The summed E-state index contributed by atoms with van der Waals surface area (Å²) in [6.07, 6.45) is 3.70. The van der Waals surface area contributed by atoms with E-state index >= 15 is 0 Å². The lowest BCUT2D eigenvalue weighted by Gasteiger charge is -2.34. The maximum atomic E-state index is 10.3. The minimum atomic E-state index is -3.67. The first-order valence-corrected chi connectivity index (χ1v) is 12.6. The smallest absolute Gasteiger partial charge is 0.261 e. The Balaban J connectivity index is 0.000000614. The zero-order chi connectivity index (χ0) is 22.9. The highest BCUT2D eigenvalue weighted by Crippen LogP contribution is 2.27. The molecule has 9 heteroatoms. The summed E-state index contributed by atoms with van der Waals surface area (Å²) in [5.74, 6) is 1.20. The Labute approximate surface area is 194 Å².